The molecule has 0 heterocycles. The van der Waals surface area contributed by atoms with Gasteiger partial charge in [-0.25, -0.2) is 0 Å². The van der Waals surface area contributed by atoms with E-state index >= 15 is 0 Å². The molecule has 3 atom stereocenters. The molecule has 2 nitrogen and oxygen atoms in total. The second-order valence-corrected chi connectivity index (χ2v) is 6.87. The van der Waals surface area contributed by atoms with E-state index in [-0.39, 0.29) is 0 Å². The number of benzene rings is 1. The third kappa shape index (κ3) is 4.45. The summed E-state index contributed by atoms with van der Waals surface area (Å²) in [4.78, 5) is 2.56. The quantitative estimate of drug-likeness (QED) is 0.832. The Morgan fingerprint density at radius 1 is 1.29 bits per heavy atom. The van der Waals surface area contributed by atoms with Crippen molar-refractivity contribution in [3.8, 4) is 0 Å². The van der Waals surface area contributed by atoms with E-state index in [9.17, 15) is 0 Å². The maximum absolute atomic E-state index is 6.33. The van der Waals surface area contributed by atoms with Crippen molar-refractivity contribution < 1.29 is 0 Å². The van der Waals surface area contributed by atoms with E-state index in [1.54, 1.807) is 0 Å². The molecule has 0 bridgehead atoms. The van der Waals surface area contributed by atoms with Crippen LogP contribution < -0.4 is 5.32 Å². The Morgan fingerprint density at radius 2 is 2.00 bits per heavy atom. The first-order chi connectivity index (χ1) is 10.1. The summed E-state index contributed by atoms with van der Waals surface area (Å²) < 4.78 is 0. The first-order valence-corrected chi connectivity index (χ1v) is 8.63. The van der Waals surface area contributed by atoms with Crippen molar-refractivity contribution in [3.05, 3.63) is 34.9 Å². The number of nitrogens with zero attached hydrogens (tertiary/aromatic N) is 1. The summed E-state index contributed by atoms with van der Waals surface area (Å²) in [6, 6.07) is 9.26. The van der Waals surface area contributed by atoms with E-state index < -0.39 is 0 Å². The van der Waals surface area contributed by atoms with Gasteiger partial charge in [0.25, 0.3) is 0 Å². The lowest BCUT2D eigenvalue weighted by Crippen LogP contribution is -2.40. The van der Waals surface area contributed by atoms with E-state index in [0.29, 0.717) is 6.04 Å². The molecule has 1 saturated carbocycles. The van der Waals surface area contributed by atoms with Gasteiger partial charge in [-0.3, -0.25) is 0 Å². The minimum absolute atomic E-state index is 0.333. The van der Waals surface area contributed by atoms with Crippen LogP contribution in [-0.2, 0) is 0 Å². The van der Waals surface area contributed by atoms with Crippen molar-refractivity contribution in [1.29, 1.82) is 0 Å². The molecule has 2 rings (SSSR count). The van der Waals surface area contributed by atoms with Crippen LogP contribution in [0.15, 0.2) is 24.3 Å². The highest BCUT2D eigenvalue weighted by Gasteiger charge is 2.25. The molecular weight excluding hydrogens is 280 g/mol. The molecule has 0 spiro atoms. The van der Waals surface area contributed by atoms with Crippen LogP contribution in [0.5, 0.6) is 0 Å². The average Bonchev–Trinajstić information content (AvgIpc) is 2.49. The van der Waals surface area contributed by atoms with Crippen molar-refractivity contribution in [2.45, 2.75) is 51.1 Å². The fraction of sp³-hybridized carbons (Fsp3) is 0.667. The van der Waals surface area contributed by atoms with E-state index in [2.05, 4.69) is 36.3 Å². The smallest absolute Gasteiger partial charge is 0.0453 e. The lowest BCUT2D eigenvalue weighted by atomic mass is 9.85. The van der Waals surface area contributed by atoms with Crippen molar-refractivity contribution >= 4 is 11.6 Å². The van der Waals surface area contributed by atoms with Gasteiger partial charge in [-0.15, -0.1) is 0 Å². The van der Waals surface area contributed by atoms with Gasteiger partial charge in [0.2, 0.25) is 0 Å². The molecule has 0 aliphatic heterocycles. The second-order valence-electron chi connectivity index (χ2n) is 6.46. The molecule has 1 aromatic rings. The van der Waals surface area contributed by atoms with Gasteiger partial charge in [-0.2, -0.15) is 0 Å². The number of nitrogens with one attached hydrogen (secondary N) is 1. The zero-order valence-electron chi connectivity index (χ0n) is 13.6. The van der Waals surface area contributed by atoms with Gasteiger partial charge < -0.3 is 10.2 Å². The van der Waals surface area contributed by atoms with Crippen molar-refractivity contribution in [3.63, 3.8) is 0 Å². The highest BCUT2D eigenvalue weighted by molar-refractivity contribution is 6.31. The summed E-state index contributed by atoms with van der Waals surface area (Å²) >= 11 is 6.33. The molecule has 118 valence electrons. The summed E-state index contributed by atoms with van der Waals surface area (Å²) in [7, 11) is 4.31. The zero-order valence-corrected chi connectivity index (χ0v) is 14.4. The molecule has 3 heteroatoms. The van der Waals surface area contributed by atoms with Gasteiger partial charge in [0.05, 0.1) is 0 Å². The molecule has 1 aliphatic rings. The standard InChI is InChI=1S/C18H29ClN2/c1-14-8-4-7-11-18(14)21(3)13-12-17(20-2)15-9-5-6-10-16(15)19/h5-6,9-10,14,17-18,20H,4,7-8,11-13H2,1-3H3. The highest BCUT2D eigenvalue weighted by Crippen LogP contribution is 2.29. The Morgan fingerprint density at radius 3 is 2.67 bits per heavy atom. The summed E-state index contributed by atoms with van der Waals surface area (Å²) in [5.41, 5.74) is 1.21. The Hall–Kier alpha value is -0.570. The van der Waals surface area contributed by atoms with E-state index in [0.717, 1.165) is 29.9 Å². The van der Waals surface area contributed by atoms with Crippen LogP contribution in [0.4, 0.5) is 0 Å². The van der Waals surface area contributed by atoms with Crippen LogP contribution in [0.25, 0.3) is 0 Å². The van der Waals surface area contributed by atoms with Crippen molar-refractivity contribution in [2.75, 3.05) is 20.6 Å². The molecule has 0 aromatic heterocycles. The topological polar surface area (TPSA) is 15.3 Å². The largest absolute Gasteiger partial charge is 0.313 e. The first-order valence-electron chi connectivity index (χ1n) is 8.25. The molecule has 1 aromatic carbocycles. The summed E-state index contributed by atoms with van der Waals surface area (Å²) in [6.45, 7) is 3.52. The molecule has 3 unspecified atom stereocenters. The predicted octanol–water partition coefficient (Wildman–Crippen LogP) is 4.50. The zero-order chi connectivity index (χ0) is 15.2. The minimum atomic E-state index is 0.333. The van der Waals surface area contributed by atoms with Crippen LogP contribution in [0.2, 0.25) is 5.02 Å². The van der Waals surface area contributed by atoms with Crippen LogP contribution in [0, 0.1) is 5.92 Å². The maximum atomic E-state index is 6.33. The summed E-state index contributed by atoms with van der Waals surface area (Å²) in [6.07, 6.45) is 6.63. The third-order valence-electron chi connectivity index (χ3n) is 5.03. The average molecular weight is 309 g/mol. The minimum Gasteiger partial charge on any atom is -0.313 e. The Kier molecular flexibility index (Phi) is 6.53. The van der Waals surface area contributed by atoms with E-state index in [4.69, 9.17) is 11.6 Å². The third-order valence-corrected chi connectivity index (χ3v) is 5.38. The summed E-state index contributed by atoms with van der Waals surface area (Å²) in [5, 5.41) is 4.28. The van der Waals surface area contributed by atoms with Crippen LogP contribution in [-0.4, -0.2) is 31.6 Å². The number of hydrogen-bond acceptors (Lipinski definition) is 2. The van der Waals surface area contributed by atoms with Gasteiger partial charge in [0, 0.05) is 17.1 Å². The van der Waals surface area contributed by atoms with E-state index in [1.165, 1.54) is 31.2 Å². The van der Waals surface area contributed by atoms with Gasteiger partial charge in [0.15, 0.2) is 0 Å². The number of hydrogen-bond donors (Lipinski definition) is 1. The second kappa shape index (κ2) is 8.17. The fourth-order valence-electron chi connectivity index (χ4n) is 3.66. The SMILES string of the molecule is CNC(CCN(C)C1CCCCC1C)c1ccccc1Cl. The molecule has 0 radical (unpaired) electrons. The molecular formula is C18H29ClN2. The Bertz CT molecular complexity index is 435. The van der Waals surface area contributed by atoms with E-state index in [1.807, 2.05) is 19.2 Å². The molecule has 1 fully saturated rings. The van der Waals surface area contributed by atoms with Crippen LogP contribution in [0.3, 0.4) is 0 Å². The van der Waals surface area contributed by atoms with Gasteiger partial charge >= 0.3 is 0 Å². The number of halogens is 1. The van der Waals surface area contributed by atoms with Crippen LogP contribution >= 0.6 is 11.6 Å². The van der Waals surface area contributed by atoms with Gasteiger partial charge in [0.1, 0.15) is 0 Å². The van der Waals surface area contributed by atoms with Crippen molar-refractivity contribution in [2.24, 2.45) is 5.92 Å². The fourth-order valence-corrected chi connectivity index (χ4v) is 3.93. The lowest BCUT2D eigenvalue weighted by molar-refractivity contribution is 0.135. The predicted molar refractivity (Wildman–Crippen MR) is 91.9 cm³/mol. The highest BCUT2D eigenvalue weighted by atomic mass is 35.5. The number of rotatable bonds is 6. The van der Waals surface area contributed by atoms with Crippen LogP contribution in [0.1, 0.15) is 50.6 Å². The Labute approximate surface area is 134 Å². The van der Waals surface area contributed by atoms with Crippen molar-refractivity contribution in [1.82, 2.24) is 10.2 Å². The molecule has 0 amide bonds. The molecule has 1 N–H and O–H groups in total. The summed E-state index contributed by atoms with van der Waals surface area (Å²) in [5.74, 6) is 0.831. The molecule has 0 saturated heterocycles. The normalized spacial score (nSPS) is 24.2. The monoisotopic (exact) mass is 308 g/mol. The van der Waals surface area contributed by atoms with Gasteiger partial charge in [-0.1, -0.05) is 49.6 Å². The first kappa shape index (κ1) is 16.8. The lowest BCUT2D eigenvalue weighted by Gasteiger charge is -2.37. The Balaban J connectivity index is 1.92. The molecule has 1 aliphatic carbocycles. The molecule has 21 heavy (non-hydrogen) atoms. The maximum Gasteiger partial charge on any atom is 0.0453 e. The van der Waals surface area contributed by atoms with Gasteiger partial charge in [-0.05, 0) is 57.5 Å².